The van der Waals surface area contributed by atoms with E-state index < -0.39 is 0 Å². The fourth-order valence-electron chi connectivity index (χ4n) is 1.46. The average molecular weight is 206 g/mol. The summed E-state index contributed by atoms with van der Waals surface area (Å²) in [4.78, 5) is 4.61. The third kappa shape index (κ3) is 1.48. The molecule has 14 heavy (non-hydrogen) atoms. The number of nitrogens with one attached hydrogen (secondary N) is 1. The second-order valence-electron chi connectivity index (χ2n) is 3.63. The summed E-state index contributed by atoms with van der Waals surface area (Å²) in [5, 5.41) is 5.31. The van der Waals surface area contributed by atoms with Crippen LogP contribution in [0.1, 0.15) is 25.5 Å². The minimum atomic E-state index is 0.478. The van der Waals surface area contributed by atoms with Crippen molar-refractivity contribution in [3.63, 3.8) is 0 Å². The lowest BCUT2D eigenvalue weighted by atomic mass is 10.1. The second kappa shape index (κ2) is 3.58. The van der Waals surface area contributed by atoms with E-state index in [1.807, 2.05) is 7.05 Å². The largest absolute Gasteiger partial charge is 0.387 e. The highest BCUT2D eigenvalue weighted by atomic mass is 32.1. The lowest BCUT2D eigenvalue weighted by Gasteiger charge is -2.08. The number of nitrogens with zero attached hydrogens (tertiary/aromatic N) is 1. The molecule has 74 valence electrons. The van der Waals surface area contributed by atoms with Crippen LogP contribution < -0.4 is 5.32 Å². The summed E-state index contributed by atoms with van der Waals surface area (Å²) < 4.78 is 1.25. The smallest absolute Gasteiger partial charge is 0.0834 e. The molecule has 0 fully saturated rings. The van der Waals surface area contributed by atoms with Gasteiger partial charge in [0.2, 0.25) is 0 Å². The quantitative estimate of drug-likeness (QED) is 0.814. The van der Waals surface area contributed by atoms with Crippen LogP contribution in [0, 0.1) is 0 Å². The Labute approximate surface area is 88.0 Å². The van der Waals surface area contributed by atoms with Crippen molar-refractivity contribution in [2.45, 2.75) is 19.8 Å². The zero-order chi connectivity index (χ0) is 10.1. The second-order valence-corrected chi connectivity index (χ2v) is 4.55. The Morgan fingerprint density at radius 1 is 1.43 bits per heavy atom. The Balaban J connectivity index is 2.67. The number of aromatic nitrogens is 1. The fourth-order valence-corrected chi connectivity index (χ4v) is 2.31. The molecule has 3 heteroatoms. The van der Waals surface area contributed by atoms with Gasteiger partial charge in [0.1, 0.15) is 0 Å². The van der Waals surface area contributed by atoms with Crippen LogP contribution in [0.2, 0.25) is 0 Å². The van der Waals surface area contributed by atoms with Gasteiger partial charge in [-0.25, -0.2) is 0 Å². The highest BCUT2D eigenvalue weighted by Crippen LogP contribution is 2.29. The first-order valence-corrected chi connectivity index (χ1v) is 5.66. The molecule has 1 N–H and O–H groups in total. The SMILES string of the molecule is CNc1cc(C(C)C)nc2ccsc12. The van der Waals surface area contributed by atoms with Gasteiger partial charge >= 0.3 is 0 Å². The molecule has 0 aliphatic carbocycles. The van der Waals surface area contributed by atoms with Crippen LogP contribution in [0.15, 0.2) is 17.5 Å². The maximum absolute atomic E-state index is 4.61. The van der Waals surface area contributed by atoms with Crippen LogP contribution in [0.3, 0.4) is 0 Å². The number of thiophene rings is 1. The molecule has 2 aromatic rings. The van der Waals surface area contributed by atoms with E-state index in [2.05, 4.69) is 41.7 Å². The topological polar surface area (TPSA) is 24.9 Å². The number of fused-ring (bicyclic) bond motifs is 1. The van der Waals surface area contributed by atoms with E-state index in [4.69, 9.17) is 0 Å². The minimum Gasteiger partial charge on any atom is -0.387 e. The van der Waals surface area contributed by atoms with Crippen molar-refractivity contribution in [2.75, 3.05) is 12.4 Å². The zero-order valence-corrected chi connectivity index (χ0v) is 9.48. The van der Waals surface area contributed by atoms with Gasteiger partial charge in [-0.3, -0.25) is 4.98 Å². The van der Waals surface area contributed by atoms with Crippen molar-refractivity contribution in [3.8, 4) is 0 Å². The molecule has 0 aliphatic heterocycles. The van der Waals surface area contributed by atoms with Gasteiger partial charge in [-0.15, -0.1) is 11.3 Å². The zero-order valence-electron chi connectivity index (χ0n) is 8.66. The Kier molecular flexibility index (Phi) is 2.42. The van der Waals surface area contributed by atoms with Crippen LogP contribution in [-0.4, -0.2) is 12.0 Å². The molecule has 2 aromatic heterocycles. The van der Waals surface area contributed by atoms with Crippen LogP contribution in [-0.2, 0) is 0 Å². The van der Waals surface area contributed by atoms with Crippen molar-refractivity contribution in [1.29, 1.82) is 0 Å². The number of pyridine rings is 1. The fraction of sp³-hybridized carbons (Fsp3) is 0.364. The van der Waals surface area contributed by atoms with Crippen molar-refractivity contribution < 1.29 is 0 Å². The lowest BCUT2D eigenvalue weighted by molar-refractivity contribution is 0.831. The van der Waals surface area contributed by atoms with Gasteiger partial charge < -0.3 is 5.32 Å². The molecule has 0 unspecified atom stereocenters. The molecule has 2 rings (SSSR count). The molecule has 0 atom stereocenters. The van der Waals surface area contributed by atoms with E-state index in [-0.39, 0.29) is 0 Å². The maximum atomic E-state index is 4.61. The van der Waals surface area contributed by atoms with Gasteiger partial charge in [-0.2, -0.15) is 0 Å². The molecule has 0 bridgehead atoms. The molecule has 0 saturated carbocycles. The normalized spacial score (nSPS) is 11.1. The Morgan fingerprint density at radius 2 is 2.21 bits per heavy atom. The third-order valence-electron chi connectivity index (χ3n) is 2.29. The Hall–Kier alpha value is -1.09. The number of hydrogen-bond acceptors (Lipinski definition) is 3. The summed E-state index contributed by atoms with van der Waals surface area (Å²) in [5.41, 5.74) is 3.44. The first-order valence-electron chi connectivity index (χ1n) is 4.78. The van der Waals surface area contributed by atoms with Crippen molar-refractivity contribution in [2.24, 2.45) is 0 Å². The van der Waals surface area contributed by atoms with Gasteiger partial charge in [-0.1, -0.05) is 13.8 Å². The summed E-state index contributed by atoms with van der Waals surface area (Å²) in [6.07, 6.45) is 0. The first kappa shape index (κ1) is 9.46. The van der Waals surface area contributed by atoms with E-state index in [9.17, 15) is 0 Å². The standard InChI is InChI=1S/C11H14N2S/c1-7(2)9-6-10(12-3)11-8(13-9)4-5-14-11/h4-7H,1-3H3,(H,12,13). The Bertz CT molecular complexity index is 445. The summed E-state index contributed by atoms with van der Waals surface area (Å²) >= 11 is 1.73. The highest BCUT2D eigenvalue weighted by molar-refractivity contribution is 7.17. The van der Waals surface area contributed by atoms with E-state index in [1.54, 1.807) is 11.3 Å². The van der Waals surface area contributed by atoms with Crippen LogP contribution >= 0.6 is 11.3 Å². The minimum absolute atomic E-state index is 0.478. The lowest BCUT2D eigenvalue weighted by Crippen LogP contribution is -1.96. The van der Waals surface area contributed by atoms with E-state index in [0.717, 1.165) is 11.2 Å². The average Bonchev–Trinajstić information content (AvgIpc) is 2.63. The van der Waals surface area contributed by atoms with Crippen LogP contribution in [0.25, 0.3) is 10.2 Å². The third-order valence-corrected chi connectivity index (χ3v) is 3.23. The summed E-state index contributed by atoms with van der Waals surface area (Å²) in [7, 11) is 1.96. The number of anilines is 1. The van der Waals surface area contributed by atoms with E-state index in [0.29, 0.717) is 5.92 Å². The maximum Gasteiger partial charge on any atom is 0.0834 e. The Morgan fingerprint density at radius 3 is 2.86 bits per heavy atom. The van der Waals surface area contributed by atoms with Crippen molar-refractivity contribution in [3.05, 3.63) is 23.2 Å². The van der Waals surface area contributed by atoms with Gasteiger partial charge in [0.15, 0.2) is 0 Å². The molecular formula is C11H14N2S. The highest BCUT2D eigenvalue weighted by Gasteiger charge is 2.07. The predicted octanol–water partition coefficient (Wildman–Crippen LogP) is 3.46. The van der Waals surface area contributed by atoms with Crippen LogP contribution in [0.4, 0.5) is 5.69 Å². The summed E-state index contributed by atoms with van der Waals surface area (Å²) in [5.74, 6) is 0.478. The molecule has 0 radical (unpaired) electrons. The van der Waals surface area contributed by atoms with Crippen LogP contribution in [0.5, 0.6) is 0 Å². The number of rotatable bonds is 2. The summed E-state index contributed by atoms with van der Waals surface area (Å²) in [6, 6.07) is 4.22. The van der Waals surface area contributed by atoms with E-state index in [1.165, 1.54) is 10.4 Å². The number of hydrogen-bond donors (Lipinski definition) is 1. The van der Waals surface area contributed by atoms with Gasteiger partial charge in [0.05, 0.1) is 15.9 Å². The predicted molar refractivity (Wildman–Crippen MR) is 63.3 cm³/mol. The monoisotopic (exact) mass is 206 g/mol. The first-order chi connectivity index (χ1) is 6.72. The molecule has 0 spiro atoms. The van der Waals surface area contributed by atoms with Gasteiger partial charge in [0.25, 0.3) is 0 Å². The molecule has 0 aromatic carbocycles. The molecule has 0 amide bonds. The van der Waals surface area contributed by atoms with Gasteiger partial charge in [0, 0.05) is 12.7 Å². The molecule has 0 aliphatic rings. The molecule has 0 saturated heterocycles. The summed E-state index contributed by atoms with van der Waals surface area (Å²) in [6.45, 7) is 4.33. The molecular weight excluding hydrogens is 192 g/mol. The van der Waals surface area contributed by atoms with E-state index >= 15 is 0 Å². The molecule has 2 nitrogen and oxygen atoms in total. The van der Waals surface area contributed by atoms with Crippen molar-refractivity contribution >= 4 is 27.2 Å². The molecule has 2 heterocycles. The van der Waals surface area contributed by atoms with Crippen molar-refractivity contribution in [1.82, 2.24) is 4.98 Å². The van der Waals surface area contributed by atoms with Gasteiger partial charge in [-0.05, 0) is 23.4 Å².